The van der Waals surface area contributed by atoms with Crippen LogP contribution in [0.1, 0.15) is 29.5 Å². The third kappa shape index (κ3) is 6.45. The van der Waals surface area contributed by atoms with Crippen molar-refractivity contribution >= 4 is 35.8 Å². The minimum absolute atomic E-state index is 0. The van der Waals surface area contributed by atoms with Gasteiger partial charge < -0.3 is 15.5 Å². The van der Waals surface area contributed by atoms with E-state index in [0.29, 0.717) is 18.5 Å². The monoisotopic (exact) mass is 547 g/mol. The van der Waals surface area contributed by atoms with Gasteiger partial charge in [-0.1, -0.05) is 54.6 Å². The van der Waals surface area contributed by atoms with Crippen molar-refractivity contribution in [1.29, 1.82) is 0 Å². The third-order valence-electron chi connectivity index (χ3n) is 6.35. The summed E-state index contributed by atoms with van der Waals surface area (Å²) in [6, 6.07) is 19.5. The quantitative estimate of drug-likeness (QED) is 0.332. The highest BCUT2D eigenvalue weighted by Crippen LogP contribution is 2.20. The summed E-state index contributed by atoms with van der Waals surface area (Å²) in [6.45, 7) is 4.67. The smallest absolute Gasteiger partial charge is 0.242 e. The van der Waals surface area contributed by atoms with Crippen LogP contribution in [0.4, 0.5) is 0 Å². The molecule has 1 saturated heterocycles. The molecule has 2 aliphatic rings. The van der Waals surface area contributed by atoms with Gasteiger partial charge in [-0.25, -0.2) is 0 Å². The Balaban J connectivity index is 0.00000289. The SMILES string of the molecule is CN=C(NCC(=O)N1CCc2ccccc2C1)NCC1CCCN1Cc1ccccc1.I. The first kappa shape index (κ1) is 24.5. The van der Waals surface area contributed by atoms with E-state index in [1.165, 1.54) is 29.5 Å². The molecule has 7 heteroatoms. The molecule has 0 bridgehead atoms. The molecule has 0 saturated carbocycles. The van der Waals surface area contributed by atoms with Crippen LogP contribution in [0.25, 0.3) is 0 Å². The van der Waals surface area contributed by atoms with Crippen LogP contribution in [-0.4, -0.2) is 60.9 Å². The summed E-state index contributed by atoms with van der Waals surface area (Å²) >= 11 is 0. The van der Waals surface area contributed by atoms with Crippen molar-refractivity contribution in [2.75, 3.05) is 33.2 Å². The normalized spacial score (nSPS) is 18.6. The van der Waals surface area contributed by atoms with Crippen molar-refractivity contribution < 1.29 is 4.79 Å². The number of halogens is 1. The molecule has 1 atom stereocenters. The first-order valence-corrected chi connectivity index (χ1v) is 11.3. The van der Waals surface area contributed by atoms with E-state index >= 15 is 0 Å². The van der Waals surface area contributed by atoms with E-state index in [9.17, 15) is 4.79 Å². The van der Waals surface area contributed by atoms with Crippen molar-refractivity contribution in [2.45, 2.75) is 38.4 Å². The molecular weight excluding hydrogens is 513 g/mol. The first-order valence-electron chi connectivity index (χ1n) is 11.3. The molecule has 172 valence electrons. The highest BCUT2D eigenvalue weighted by Gasteiger charge is 2.25. The molecule has 2 aromatic carbocycles. The lowest BCUT2D eigenvalue weighted by Gasteiger charge is -2.29. The summed E-state index contributed by atoms with van der Waals surface area (Å²) in [5.74, 6) is 0.807. The van der Waals surface area contributed by atoms with Gasteiger partial charge in [0.2, 0.25) is 5.91 Å². The number of fused-ring (bicyclic) bond motifs is 1. The largest absolute Gasteiger partial charge is 0.355 e. The Kier molecular flexibility index (Phi) is 9.35. The molecule has 1 unspecified atom stereocenters. The van der Waals surface area contributed by atoms with Crippen LogP contribution in [0.2, 0.25) is 0 Å². The van der Waals surface area contributed by atoms with Crippen LogP contribution in [0.5, 0.6) is 0 Å². The highest BCUT2D eigenvalue weighted by atomic mass is 127. The molecule has 32 heavy (non-hydrogen) atoms. The summed E-state index contributed by atoms with van der Waals surface area (Å²) in [4.78, 5) is 21.5. The fourth-order valence-corrected chi connectivity index (χ4v) is 4.57. The van der Waals surface area contributed by atoms with Gasteiger partial charge in [0.15, 0.2) is 5.96 Å². The second-order valence-corrected chi connectivity index (χ2v) is 8.39. The fourth-order valence-electron chi connectivity index (χ4n) is 4.57. The average molecular weight is 547 g/mol. The Morgan fingerprint density at radius 2 is 1.78 bits per heavy atom. The fraction of sp³-hybridized carbons (Fsp3) is 0.440. The van der Waals surface area contributed by atoms with Gasteiger partial charge in [-0.05, 0) is 42.5 Å². The lowest BCUT2D eigenvalue weighted by molar-refractivity contribution is -0.130. The second-order valence-electron chi connectivity index (χ2n) is 8.39. The number of nitrogens with one attached hydrogen (secondary N) is 2. The van der Waals surface area contributed by atoms with Gasteiger partial charge in [0, 0.05) is 39.3 Å². The predicted octanol–water partition coefficient (Wildman–Crippen LogP) is 3.02. The number of amides is 1. The topological polar surface area (TPSA) is 60.0 Å². The number of carbonyl (C=O) groups is 1. The number of rotatable bonds is 6. The number of likely N-dealkylation sites (tertiary alicyclic amines) is 1. The average Bonchev–Trinajstić information content (AvgIpc) is 3.26. The molecule has 2 aliphatic heterocycles. The van der Waals surface area contributed by atoms with Crippen LogP contribution >= 0.6 is 24.0 Å². The minimum Gasteiger partial charge on any atom is -0.355 e. The zero-order valence-corrected chi connectivity index (χ0v) is 21.1. The number of carbonyl (C=O) groups excluding carboxylic acids is 1. The van der Waals surface area contributed by atoms with E-state index < -0.39 is 0 Å². The Bertz CT molecular complexity index is 904. The van der Waals surface area contributed by atoms with E-state index in [1.807, 2.05) is 11.0 Å². The number of hydrogen-bond donors (Lipinski definition) is 2. The van der Waals surface area contributed by atoms with Gasteiger partial charge >= 0.3 is 0 Å². The molecule has 1 amide bonds. The number of nitrogens with zero attached hydrogens (tertiary/aromatic N) is 3. The van der Waals surface area contributed by atoms with Crippen LogP contribution < -0.4 is 10.6 Å². The van der Waals surface area contributed by atoms with E-state index in [2.05, 4.69) is 69.1 Å². The molecule has 2 N–H and O–H groups in total. The maximum absolute atomic E-state index is 12.7. The van der Waals surface area contributed by atoms with Gasteiger partial charge in [0.25, 0.3) is 0 Å². The molecule has 1 fully saturated rings. The molecule has 2 heterocycles. The summed E-state index contributed by atoms with van der Waals surface area (Å²) < 4.78 is 0. The molecule has 0 spiro atoms. The van der Waals surface area contributed by atoms with Crippen molar-refractivity contribution in [2.24, 2.45) is 4.99 Å². The maximum atomic E-state index is 12.7. The highest BCUT2D eigenvalue weighted by molar-refractivity contribution is 14.0. The van der Waals surface area contributed by atoms with Crippen molar-refractivity contribution in [3.05, 3.63) is 71.3 Å². The van der Waals surface area contributed by atoms with Crippen LogP contribution in [0.3, 0.4) is 0 Å². The van der Waals surface area contributed by atoms with Crippen LogP contribution in [0, 0.1) is 0 Å². The van der Waals surface area contributed by atoms with Crippen LogP contribution in [0.15, 0.2) is 59.6 Å². The molecule has 0 aromatic heterocycles. The minimum atomic E-state index is 0. The summed E-state index contributed by atoms with van der Waals surface area (Å²) in [5, 5.41) is 6.64. The Morgan fingerprint density at radius 3 is 2.56 bits per heavy atom. The second kappa shape index (κ2) is 12.2. The van der Waals surface area contributed by atoms with E-state index in [0.717, 1.165) is 32.6 Å². The van der Waals surface area contributed by atoms with E-state index in [4.69, 9.17) is 0 Å². The number of benzene rings is 2. The lowest BCUT2D eigenvalue weighted by Crippen LogP contribution is -2.48. The van der Waals surface area contributed by atoms with Crippen molar-refractivity contribution in [3.8, 4) is 0 Å². The van der Waals surface area contributed by atoms with Gasteiger partial charge in [-0.3, -0.25) is 14.7 Å². The molecule has 4 rings (SSSR count). The standard InChI is InChI=1S/C25H33N5O.HI/c1-26-25(27-16-23-12-7-14-29(23)18-20-8-3-2-4-9-20)28-17-24(31)30-15-13-21-10-5-6-11-22(21)19-30;/h2-6,8-11,23H,7,12-19H2,1H3,(H2,26,27,28);1H. The van der Waals surface area contributed by atoms with Gasteiger partial charge in [0.05, 0.1) is 6.54 Å². The summed E-state index contributed by atoms with van der Waals surface area (Å²) in [6.07, 6.45) is 3.33. The Labute approximate surface area is 208 Å². The molecular formula is C25H34IN5O. The van der Waals surface area contributed by atoms with E-state index in [1.54, 1.807) is 7.05 Å². The van der Waals surface area contributed by atoms with Crippen LogP contribution in [-0.2, 0) is 24.3 Å². The summed E-state index contributed by atoms with van der Waals surface area (Å²) in [7, 11) is 1.76. The predicted molar refractivity (Wildman–Crippen MR) is 140 cm³/mol. The third-order valence-corrected chi connectivity index (χ3v) is 6.35. The van der Waals surface area contributed by atoms with Crippen molar-refractivity contribution in [1.82, 2.24) is 20.4 Å². The van der Waals surface area contributed by atoms with Gasteiger partial charge in [-0.15, -0.1) is 24.0 Å². The number of hydrogen-bond acceptors (Lipinski definition) is 3. The van der Waals surface area contributed by atoms with Crippen molar-refractivity contribution in [3.63, 3.8) is 0 Å². The van der Waals surface area contributed by atoms with Gasteiger partial charge in [-0.2, -0.15) is 0 Å². The number of guanidine groups is 1. The summed E-state index contributed by atoms with van der Waals surface area (Å²) in [5.41, 5.74) is 3.96. The molecule has 6 nitrogen and oxygen atoms in total. The zero-order chi connectivity index (χ0) is 21.5. The maximum Gasteiger partial charge on any atom is 0.242 e. The lowest BCUT2D eigenvalue weighted by atomic mass is 10.00. The zero-order valence-electron chi connectivity index (χ0n) is 18.8. The van der Waals surface area contributed by atoms with E-state index in [-0.39, 0.29) is 36.4 Å². The Morgan fingerprint density at radius 1 is 1.03 bits per heavy atom. The molecule has 2 aromatic rings. The molecule has 0 radical (unpaired) electrons. The van der Waals surface area contributed by atoms with Gasteiger partial charge in [0.1, 0.15) is 0 Å². The Hall–Kier alpha value is -2.13. The molecule has 0 aliphatic carbocycles. The number of aliphatic imine (C=N–C) groups is 1. The first-order chi connectivity index (χ1) is 15.2.